The summed E-state index contributed by atoms with van der Waals surface area (Å²) in [5.41, 5.74) is 1.42. The molecule has 1 aliphatic rings. The van der Waals surface area contributed by atoms with Gasteiger partial charge in [0.15, 0.2) is 0 Å². The highest BCUT2D eigenvalue weighted by atomic mass is 16.1. The molecule has 1 aliphatic carbocycles. The van der Waals surface area contributed by atoms with Gasteiger partial charge in [0.25, 0.3) is 0 Å². The van der Waals surface area contributed by atoms with E-state index in [2.05, 4.69) is 32.2 Å². The van der Waals surface area contributed by atoms with Crippen molar-refractivity contribution in [2.24, 2.45) is 17.3 Å². The predicted octanol–water partition coefficient (Wildman–Crippen LogP) is 3.96. The molecule has 20 heavy (non-hydrogen) atoms. The molecule has 2 atom stereocenters. The number of rotatable bonds is 2. The number of anilines is 1. The van der Waals surface area contributed by atoms with Crippen LogP contribution >= 0.6 is 0 Å². The van der Waals surface area contributed by atoms with Gasteiger partial charge in [-0.2, -0.15) is 5.26 Å². The van der Waals surface area contributed by atoms with E-state index >= 15 is 0 Å². The van der Waals surface area contributed by atoms with Crippen molar-refractivity contribution in [3.8, 4) is 6.07 Å². The summed E-state index contributed by atoms with van der Waals surface area (Å²) in [4.78, 5) is 12.6. The van der Waals surface area contributed by atoms with E-state index in [1.54, 1.807) is 24.3 Å². The lowest BCUT2D eigenvalue weighted by molar-refractivity contribution is -0.127. The minimum absolute atomic E-state index is 0.0480. The molecule has 0 spiro atoms. The van der Waals surface area contributed by atoms with E-state index in [0.717, 1.165) is 18.5 Å². The van der Waals surface area contributed by atoms with Crippen LogP contribution in [0.15, 0.2) is 24.3 Å². The Morgan fingerprint density at radius 2 is 2.00 bits per heavy atom. The minimum atomic E-state index is 0.0480. The molecule has 2 rings (SSSR count). The van der Waals surface area contributed by atoms with Crippen molar-refractivity contribution in [2.75, 3.05) is 5.32 Å². The van der Waals surface area contributed by atoms with Crippen molar-refractivity contribution >= 4 is 11.6 Å². The van der Waals surface area contributed by atoms with Crippen molar-refractivity contribution in [1.82, 2.24) is 0 Å². The van der Waals surface area contributed by atoms with Gasteiger partial charge in [-0.1, -0.05) is 27.2 Å². The van der Waals surface area contributed by atoms with Gasteiger partial charge < -0.3 is 5.32 Å². The third kappa shape index (κ3) is 3.01. The molecular formula is C17H22N2O. The van der Waals surface area contributed by atoms with Crippen LogP contribution in [0.25, 0.3) is 0 Å². The second-order valence-electron chi connectivity index (χ2n) is 6.51. The largest absolute Gasteiger partial charge is 0.326 e. The van der Waals surface area contributed by atoms with Gasteiger partial charge in [-0.25, -0.2) is 0 Å². The zero-order chi connectivity index (χ0) is 14.8. The van der Waals surface area contributed by atoms with Crippen LogP contribution in [0, 0.1) is 28.6 Å². The van der Waals surface area contributed by atoms with Crippen molar-refractivity contribution < 1.29 is 4.79 Å². The Morgan fingerprint density at radius 1 is 1.35 bits per heavy atom. The molecule has 1 amide bonds. The first kappa shape index (κ1) is 14.6. The molecule has 3 nitrogen and oxygen atoms in total. The number of nitrogens with one attached hydrogen (secondary N) is 1. The normalized spacial score (nSPS) is 24.7. The minimum Gasteiger partial charge on any atom is -0.326 e. The molecule has 0 heterocycles. The maximum Gasteiger partial charge on any atom is 0.228 e. The Labute approximate surface area is 121 Å². The molecule has 1 N–H and O–H groups in total. The molecule has 1 saturated carbocycles. The topological polar surface area (TPSA) is 52.9 Å². The van der Waals surface area contributed by atoms with E-state index in [1.807, 2.05) is 0 Å². The van der Waals surface area contributed by atoms with E-state index in [1.165, 1.54) is 6.42 Å². The highest BCUT2D eigenvalue weighted by molar-refractivity contribution is 5.93. The van der Waals surface area contributed by atoms with Crippen LogP contribution < -0.4 is 5.32 Å². The number of carbonyl (C=O) groups excluding carboxylic acids is 1. The van der Waals surface area contributed by atoms with E-state index in [-0.39, 0.29) is 17.2 Å². The second kappa shape index (κ2) is 5.66. The van der Waals surface area contributed by atoms with Crippen LogP contribution in [-0.2, 0) is 4.79 Å². The molecule has 3 heteroatoms. The summed E-state index contributed by atoms with van der Waals surface area (Å²) in [6.45, 7) is 6.54. The summed E-state index contributed by atoms with van der Waals surface area (Å²) in [7, 11) is 0. The first-order valence-electron chi connectivity index (χ1n) is 7.25. The lowest BCUT2D eigenvalue weighted by Crippen LogP contribution is -2.42. The molecule has 1 aromatic carbocycles. The molecule has 1 fully saturated rings. The van der Waals surface area contributed by atoms with Crippen molar-refractivity contribution in [3.05, 3.63) is 29.8 Å². The Balaban J connectivity index is 2.12. The van der Waals surface area contributed by atoms with Crippen molar-refractivity contribution in [3.63, 3.8) is 0 Å². The predicted molar refractivity (Wildman–Crippen MR) is 80.1 cm³/mol. The van der Waals surface area contributed by atoms with Gasteiger partial charge in [-0.05, 0) is 48.4 Å². The maximum absolute atomic E-state index is 12.6. The van der Waals surface area contributed by atoms with Gasteiger partial charge in [-0.15, -0.1) is 0 Å². The van der Waals surface area contributed by atoms with Crippen LogP contribution in [0.4, 0.5) is 5.69 Å². The van der Waals surface area contributed by atoms with Gasteiger partial charge >= 0.3 is 0 Å². The molecule has 2 unspecified atom stereocenters. The first-order chi connectivity index (χ1) is 9.44. The maximum atomic E-state index is 12.6. The van der Waals surface area contributed by atoms with E-state index < -0.39 is 0 Å². The van der Waals surface area contributed by atoms with Crippen LogP contribution in [0.1, 0.15) is 45.6 Å². The summed E-state index contributed by atoms with van der Waals surface area (Å²) in [5.74, 6) is 0.566. The SMILES string of the molecule is CC1CCCC(C)(C)C1C(=O)Nc1ccc(C#N)cc1. The van der Waals surface area contributed by atoms with Crippen LogP contribution in [0.5, 0.6) is 0 Å². The fourth-order valence-corrected chi connectivity index (χ4v) is 3.43. The number of amides is 1. The highest BCUT2D eigenvalue weighted by Gasteiger charge is 2.41. The first-order valence-corrected chi connectivity index (χ1v) is 7.25. The van der Waals surface area contributed by atoms with Gasteiger partial charge in [0, 0.05) is 11.6 Å². The summed E-state index contributed by atoms with van der Waals surface area (Å²) < 4.78 is 0. The third-order valence-corrected chi connectivity index (χ3v) is 4.46. The molecule has 1 aromatic rings. The lowest BCUT2D eigenvalue weighted by atomic mass is 9.64. The van der Waals surface area contributed by atoms with E-state index in [9.17, 15) is 4.79 Å². The zero-order valence-electron chi connectivity index (χ0n) is 12.4. The van der Waals surface area contributed by atoms with Crippen LogP contribution in [0.3, 0.4) is 0 Å². The van der Waals surface area contributed by atoms with Crippen LogP contribution in [0.2, 0.25) is 0 Å². The average molecular weight is 270 g/mol. The monoisotopic (exact) mass is 270 g/mol. The number of nitriles is 1. The summed E-state index contributed by atoms with van der Waals surface area (Å²) >= 11 is 0. The molecule has 0 radical (unpaired) electrons. The molecule has 0 saturated heterocycles. The summed E-state index contributed by atoms with van der Waals surface area (Å²) in [6, 6.07) is 9.11. The summed E-state index contributed by atoms with van der Waals surface area (Å²) in [5, 5.41) is 11.8. The van der Waals surface area contributed by atoms with Crippen LogP contribution in [-0.4, -0.2) is 5.91 Å². The summed E-state index contributed by atoms with van der Waals surface area (Å²) in [6.07, 6.45) is 3.42. The fourth-order valence-electron chi connectivity index (χ4n) is 3.43. The Bertz CT molecular complexity index is 525. The van der Waals surface area contributed by atoms with Gasteiger partial charge in [0.2, 0.25) is 5.91 Å². The smallest absolute Gasteiger partial charge is 0.228 e. The molecule has 0 aromatic heterocycles. The highest BCUT2D eigenvalue weighted by Crippen LogP contribution is 2.44. The molecular weight excluding hydrogens is 248 g/mol. The van der Waals surface area contributed by atoms with E-state index in [4.69, 9.17) is 5.26 Å². The van der Waals surface area contributed by atoms with Gasteiger partial charge in [0.05, 0.1) is 11.6 Å². The molecule has 106 valence electrons. The standard InChI is InChI=1S/C17H22N2O/c1-12-5-4-10-17(2,3)15(12)16(20)19-14-8-6-13(11-18)7-9-14/h6-9,12,15H,4-5,10H2,1-3H3,(H,19,20). The second-order valence-corrected chi connectivity index (χ2v) is 6.51. The fraction of sp³-hybridized carbons (Fsp3) is 0.529. The average Bonchev–Trinajstić information content (AvgIpc) is 2.38. The number of carbonyl (C=O) groups is 1. The van der Waals surface area contributed by atoms with E-state index in [0.29, 0.717) is 11.5 Å². The van der Waals surface area contributed by atoms with Gasteiger partial charge in [0.1, 0.15) is 0 Å². The third-order valence-electron chi connectivity index (χ3n) is 4.46. The Hall–Kier alpha value is -1.82. The quantitative estimate of drug-likeness (QED) is 0.884. The number of nitrogens with zero attached hydrogens (tertiary/aromatic N) is 1. The number of benzene rings is 1. The molecule has 0 aliphatic heterocycles. The Kier molecular flexibility index (Phi) is 4.13. The van der Waals surface area contributed by atoms with Crippen molar-refractivity contribution in [1.29, 1.82) is 5.26 Å². The molecule has 0 bridgehead atoms. The Morgan fingerprint density at radius 3 is 2.55 bits per heavy atom. The van der Waals surface area contributed by atoms with Gasteiger partial charge in [-0.3, -0.25) is 4.79 Å². The number of hydrogen-bond acceptors (Lipinski definition) is 2. The van der Waals surface area contributed by atoms with Crippen molar-refractivity contribution in [2.45, 2.75) is 40.0 Å². The lowest BCUT2D eigenvalue weighted by Gasteiger charge is -2.41. The number of hydrogen-bond donors (Lipinski definition) is 1. The zero-order valence-corrected chi connectivity index (χ0v) is 12.4.